The molecule has 1 aromatic rings. The van der Waals surface area contributed by atoms with Gasteiger partial charge < -0.3 is 9.72 Å². The normalized spacial score (nSPS) is 11.2. The van der Waals surface area contributed by atoms with Crippen molar-refractivity contribution in [2.45, 2.75) is 13.8 Å². The van der Waals surface area contributed by atoms with Crippen LogP contribution in [0, 0.1) is 0 Å². The van der Waals surface area contributed by atoms with Gasteiger partial charge in [-0.3, -0.25) is 9.78 Å². The van der Waals surface area contributed by atoms with Crippen molar-refractivity contribution >= 4 is 12.0 Å². The molecule has 0 amide bonds. The number of nitrogens with one attached hydrogen (secondary N) is 2. The van der Waals surface area contributed by atoms with Crippen LogP contribution in [-0.2, 0) is 9.53 Å². The van der Waals surface area contributed by atoms with Gasteiger partial charge in [0.05, 0.1) is 12.2 Å². The summed E-state index contributed by atoms with van der Waals surface area (Å²) in [6.45, 7) is 3.49. The summed E-state index contributed by atoms with van der Waals surface area (Å²) in [5.41, 5.74) is -0.645. The molecular weight excluding hydrogens is 212 g/mol. The lowest BCUT2D eigenvalue weighted by Gasteiger charge is -2.00. The Hall–Kier alpha value is -2.11. The Morgan fingerprint density at radius 1 is 1.50 bits per heavy atom. The minimum Gasteiger partial charge on any atom is -0.463 e. The predicted octanol–water partition coefficient (Wildman–Crippen LogP) is 0.0296. The van der Waals surface area contributed by atoms with Crippen molar-refractivity contribution in [3.8, 4) is 0 Å². The smallest absolute Gasteiger partial charge is 0.333 e. The van der Waals surface area contributed by atoms with E-state index < -0.39 is 17.2 Å². The first-order valence-corrected chi connectivity index (χ1v) is 4.72. The quantitative estimate of drug-likeness (QED) is 0.559. The second-order valence-electron chi connectivity index (χ2n) is 3.08. The summed E-state index contributed by atoms with van der Waals surface area (Å²) < 4.78 is 4.75. The molecule has 0 bridgehead atoms. The lowest BCUT2D eigenvalue weighted by molar-refractivity contribution is -0.138. The van der Waals surface area contributed by atoms with Gasteiger partial charge in [-0.05, 0) is 19.9 Å². The number of rotatable bonds is 3. The molecule has 0 fully saturated rings. The van der Waals surface area contributed by atoms with E-state index in [0.717, 1.165) is 0 Å². The third-order valence-corrected chi connectivity index (χ3v) is 1.82. The van der Waals surface area contributed by atoms with Crippen LogP contribution in [0.3, 0.4) is 0 Å². The molecule has 0 aliphatic rings. The Balaban J connectivity index is 3.03. The van der Waals surface area contributed by atoms with E-state index in [0.29, 0.717) is 5.57 Å². The Bertz CT molecular complexity index is 524. The third kappa shape index (κ3) is 2.94. The van der Waals surface area contributed by atoms with E-state index >= 15 is 0 Å². The fourth-order valence-corrected chi connectivity index (χ4v) is 1.06. The van der Waals surface area contributed by atoms with Gasteiger partial charge in [0.1, 0.15) is 0 Å². The lowest BCUT2D eigenvalue weighted by atomic mass is 10.2. The van der Waals surface area contributed by atoms with E-state index in [-0.39, 0.29) is 12.2 Å². The summed E-state index contributed by atoms with van der Waals surface area (Å²) in [4.78, 5) is 37.6. The first-order valence-electron chi connectivity index (χ1n) is 4.72. The van der Waals surface area contributed by atoms with Gasteiger partial charge in [0.2, 0.25) is 0 Å². The maximum atomic E-state index is 11.3. The zero-order valence-electron chi connectivity index (χ0n) is 8.99. The van der Waals surface area contributed by atoms with Crippen molar-refractivity contribution in [1.82, 2.24) is 9.97 Å². The standard InChI is InChI=1S/C10H12N2O4/c1-3-16-9(14)6(2)4-7-5-11-10(15)12-8(7)13/h4-5H,3H2,1-2H3,(H2,11,12,13,15)/b6-4+. The van der Waals surface area contributed by atoms with Crippen LogP contribution in [0.5, 0.6) is 0 Å². The lowest BCUT2D eigenvalue weighted by Crippen LogP contribution is -2.23. The van der Waals surface area contributed by atoms with Crippen LogP contribution >= 0.6 is 0 Å². The zero-order chi connectivity index (χ0) is 12.1. The van der Waals surface area contributed by atoms with Crippen LogP contribution in [0.1, 0.15) is 19.4 Å². The van der Waals surface area contributed by atoms with E-state index in [9.17, 15) is 14.4 Å². The molecule has 0 saturated heterocycles. The Kier molecular flexibility index (Phi) is 3.82. The van der Waals surface area contributed by atoms with Gasteiger partial charge in [-0.1, -0.05) is 0 Å². The van der Waals surface area contributed by atoms with Gasteiger partial charge in [-0.2, -0.15) is 0 Å². The molecule has 0 aliphatic heterocycles. The van der Waals surface area contributed by atoms with Crippen LogP contribution in [0.15, 0.2) is 21.4 Å². The third-order valence-electron chi connectivity index (χ3n) is 1.82. The topological polar surface area (TPSA) is 92.0 Å². The van der Waals surface area contributed by atoms with E-state index in [1.54, 1.807) is 6.92 Å². The number of carbonyl (C=O) groups is 1. The SMILES string of the molecule is CCOC(=O)/C(C)=C/c1c[nH]c(=O)[nH]c1=O. The van der Waals surface area contributed by atoms with Crippen molar-refractivity contribution in [2.75, 3.05) is 6.61 Å². The molecule has 0 radical (unpaired) electrons. The fourth-order valence-electron chi connectivity index (χ4n) is 1.06. The van der Waals surface area contributed by atoms with Crippen molar-refractivity contribution in [3.63, 3.8) is 0 Å². The van der Waals surface area contributed by atoms with Crippen LogP contribution in [0.25, 0.3) is 6.08 Å². The number of ether oxygens (including phenoxy) is 1. The van der Waals surface area contributed by atoms with Gasteiger partial charge >= 0.3 is 11.7 Å². The van der Waals surface area contributed by atoms with E-state index in [1.165, 1.54) is 19.2 Å². The Morgan fingerprint density at radius 3 is 2.75 bits per heavy atom. The monoisotopic (exact) mass is 224 g/mol. The second kappa shape index (κ2) is 5.11. The molecule has 0 saturated carbocycles. The van der Waals surface area contributed by atoms with Gasteiger partial charge in [0, 0.05) is 11.8 Å². The molecule has 16 heavy (non-hydrogen) atoms. The number of esters is 1. The molecule has 0 unspecified atom stereocenters. The maximum Gasteiger partial charge on any atom is 0.333 e. The van der Waals surface area contributed by atoms with E-state index in [2.05, 4.69) is 9.97 Å². The summed E-state index contributed by atoms with van der Waals surface area (Å²) in [5.74, 6) is -0.492. The highest BCUT2D eigenvalue weighted by Gasteiger charge is 2.05. The highest BCUT2D eigenvalue weighted by atomic mass is 16.5. The summed E-state index contributed by atoms with van der Waals surface area (Å²) >= 11 is 0. The first-order chi connectivity index (χ1) is 7.54. The average molecular weight is 224 g/mol. The van der Waals surface area contributed by atoms with Gasteiger partial charge in [-0.25, -0.2) is 9.59 Å². The number of H-pyrrole nitrogens is 2. The van der Waals surface area contributed by atoms with Crippen LogP contribution in [-0.4, -0.2) is 22.5 Å². The molecule has 0 atom stereocenters. The molecule has 1 heterocycles. The number of aromatic nitrogens is 2. The molecule has 86 valence electrons. The van der Waals surface area contributed by atoms with Crippen LogP contribution in [0.2, 0.25) is 0 Å². The molecule has 2 N–H and O–H groups in total. The Labute approximate surface area is 91.0 Å². The summed E-state index contributed by atoms with van der Waals surface area (Å²) in [7, 11) is 0. The van der Waals surface area contributed by atoms with Gasteiger partial charge in [-0.15, -0.1) is 0 Å². The molecule has 6 heteroatoms. The highest BCUT2D eigenvalue weighted by molar-refractivity contribution is 5.92. The molecule has 1 rings (SSSR count). The minimum atomic E-state index is -0.587. The summed E-state index contributed by atoms with van der Waals surface area (Å²) in [6, 6.07) is 0. The molecule has 0 aromatic carbocycles. The number of hydrogen-bond acceptors (Lipinski definition) is 4. The van der Waals surface area contributed by atoms with E-state index in [1.807, 2.05) is 0 Å². The molecule has 6 nitrogen and oxygen atoms in total. The molecular formula is C10H12N2O4. The van der Waals surface area contributed by atoms with E-state index in [4.69, 9.17) is 4.74 Å². The highest BCUT2D eigenvalue weighted by Crippen LogP contribution is 2.01. The van der Waals surface area contributed by atoms with Gasteiger partial charge in [0.25, 0.3) is 5.56 Å². The van der Waals surface area contributed by atoms with Crippen molar-refractivity contribution in [3.05, 3.63) is 38.2 Å². The van der Waals surface area contributed by atoms with Crippen molar-refractivity contribution in [1.29, 1.82) is 0 Å². The molecule has 0 spiro atoms. The molecule has 1 aromatic heterocycles. The van der Waals surface area contributed by atoms with Crippen molar-refractivity contribution < 1.29 is 9.53 Å². The predicted molar refractivity (Wildman–Crippen MR) is 58.0 cm³/mol. The first kappa shape index (κ1) is 12.0. The Morgan fingerprint density at radius 2 is 2.19 bits per heavy atom. The van der Waals surface area contributed by atoms with Crippen LogP contribution < -0.4 is 11.2 Å². The average Bonchev–Trinajstić information content (AvgIpc) is 2.22. The number of carbonyl (C=O) groups excluding carboxylic acids is 1. The minimum absolute atomic E-state index is 0.199. The largest absolute Gasteiger partial charge is 0.463 e. The summed E-state index contributed by atoms with van der Waals surface area (Å²) in [6.07, 6.45) is 2.59. The number of aromatic amines is 2. The molecule has 0 aliphatic carbocycles. The van der Waals surface area contributed by atoms with Gasteiger partial charge in [0.15, 0.2) is 0 Å². The zero-order valence-corrected chi connectivity index (χ0v) is 8.99. The fraction of sp³-hybridized carbons (Fsp3) is 0.300. The maximum absolute atomic E-state index is 11.3. The number of hydrogen-bond donors (Lipinski definition) is 2. The van der Waals surface area contributed by atoms with Crippen LogP contribution in [0.4, 0.5) is 0 Å². The van der Waals surface area contributed by atoms with Crippen molar-refractivity contribution in [2.24, 2.45) is 0 Å². The second-order valence-corrected chi connectivity index (χ2v) is 3.08. The summed E-state index contributed by atoms with van der Waals surface area (Å²) in [5, 5.41) is 0.